The van der Waals surface area contributed by atoms with Crippen LogP contribution in [0.15, 0.2) is 58.3 Å². The molecule has 6 nitrogen and oxygen atoms in total. The van der Waals surface area contributed by atoms with Gasteiger partial charge in [-0.25, -0.2) is 13.2 Å². The Morgan fingerprint density at radius 2 is 1.38 bits per heavy atom. The van der Waals surface area contributed by atoms with Gasteiger partial charge in [-0.3, -0.25) is 10.0 Å². The molecular weight excluding hydrogens is 493 g/mol. The number of sulfonamides is 1. The average Bonchev–Trinajstić information content (AvgIpc) is 2.68. The number of carbonyl (C=O) groups excluding carboxylic acids is 1. The van der Waals surface area contributed by atoms with Crippen LogP contribution in [-0.2, 0) is 14.8 Å². The Morgan fingerprint density at radius 3 is 1.84 bits per heavy atom. The Hall–Kier alpha value is -2.68. The number of nitrogens with one attached hydrogen (secondary N) is 2. The maximum Gasteiger partial charge on any atom is 0.460 e. The van der Waals surface area contributed by atoms with E-state index in [-0.39, 0.29) is 16.3 Å². The molecule has 2 N–H and O–H groups in total. The van der Waals surface area contributed by atoms with E-state index in [1.165, 1.54) is 12.1 Å². The Labute approximate surface area is 181 Å². The van der Waals surface area contributed by atoms with Gasteiger partial charge in [-0.15, -0.1) is 0 Å². The van der Waals surface area contributed by atoms with Gasteiger partial charge in [0.25, 0.3) is 10.0 Å². The third-order valence-electron chi connectivity index (χ3n) is 3.67. The number of hydrogen-bond donors (Lipinski definition) is 2. The number of amides is 1. The minimum Gasteiger partial charge on any atom is -0.453 e. The molecule has 2 aromatic rings. The van der Waals surface area contributed by atoms with Crippen LogP contribution in [0.5, 0.6) is 0 Å². The topological polar surface area (TPSA) is 84.5 Å². The van der Waals surface area contributed by atoms with Crippen molar-refractivity contribution in [1.82, 2.24) is 0 Å². The third-order valence-corrected chi connectivity index (χ3v) is 6.09. The van der Waals surface area contributed by atoms with Crippen molar-refractivity contribution in [2.45, 2.75) is 27.1 Å². The summed E-state index contributed by atoms with van der Waals surface area (Å²) < 4.78 is 121. The summed E-state index contributed by atoms with van der Waals surface area (Å²) in [6.07, 6.45) is -7.24. The van der Waals surface area contributed by atoms with Crippen molar-refractivity contribution < 1.29 is 48.7 Å². The molecule has 0 fully saturated rings. The van der Waals surface area contributed by atoms with Gasteiger partial charge in [0.1, 0.15) is 0 Å². The van der Waals surface area contributed by atoms with Crippen LogP contribution in [0.4, 0.5) is 46.9 Å². The molecule has 0 saturated carbocycles. The monoisotopic (exact) mass is 506 g/mol. The number of halogens is 7. The lowest BCUT2D eigenvalue weighted by atomic mass is 10.3. The number of carbonyl (C=O) groups is 1. The average molecular weight is 506 g/mol. The normalized spacial score (nSPS) is 12.9. The number of thioether (sulfide) groups is 1. The molecule has 2 rings (SSSR count). The molecule has 32 heavy (non-hydrogen) atoms. The van der Waals surface area contributed by atoms with Crippen LogP contribution in [-0.4, -0.2) is 39.0 Å². The van der Waals surface area contributed by atoms with E-state index >= 15 is 0 Å². The Morgan fingerprint density at radius 1 is 0.875 bits per heavy atom. The number of benzene rings is 2. The van der Waals surface area contributed by atoms with E-state index in [0.717, 1.165) is 43.5 Å². The van der Waals surface area contributed by atoms with Crippen LogP contribution in [0, 0.1) is 0 Å². The van der Waals surface area contributed by atoms with Gasteiger partial charge in [0.15, 0.2) is 0 Å². The maximum atomic E-state index is 13.5. The smallest absolute Gasteiger partial charge is 0.453 e. The standard InChI is InChI=1S/C17H13F7N2O4S2/c1-30-14(27)25-10-4-8-13(9-5-10)32(28,29)26-11-2-6-12(7-3-11)31-17(23,24)15(18,19)16(20,21)22/h2-9,26H,1H3,(H,25,27). The van der Waals surface area contributed by atoms with Crippen molar-refractivity contribution in [1.29, 1.82) is 0 Å². The first kappa shape index (κ1) is 25.6. The lowest BCUT2D eigenvalue weighted by molar-refractivity contribution is -0.330. The number of rotatable bonds is 7. The number of anilines is 2. The molecule has 0 heterocycles. The molecule has 0 bridgehead atoms. The van der Waals surface area contributed by atoms with Crippen LogP contribution in [0.3, 0.4) is 0 Å². The number of hydrogen-bond acceptors (Lipinski definition) is 5. The first-order chi connectivity index (χ1) is 14.6. The molecular formula is C17H13F7N2O4S2. The van der Waals surface area contributed by atoms with Gasteiger partial charge in [-0.05, 0) is 60.3 Å². The summed E-state index contributed by atoms with van der Waals surface area (Å²) in [5, 5.41) is -3.19. The summed E-state index contributed by atoms with van der Waals surface area (Å²) in [6.45, 7) is 0. The van der Waals surface area contributed by atoms with Gasteiger partial charge in [-0.1, -0.05) is 0 Å². The maximum absolute atomic E-state index is 13.5. The fourth-order valence-electron chi connectivity index (χ4n) is 2.07. The second kappa shape index (κ2) is 9.05. The second-order valence-electron chi connectivity index (χ2n) is 5.96. The van der Waals surface area contributed by atoms with Crippen molar-refractivity contribution >= 4 is 39.3 Å². The van der Waals surface area contributed by atoms with Crippen molar-refractivity contribution in [3.05, 3.63) is 48.5 Å². The second-order valence-corrected chi connectivity index (χ2v) is 8.83. The summed E-state index contributed by atoms with van der Waals surface area (Å²) in [4.78, 5) is 10.2. The minimum atomic E-state index is -6.46. The highest BCUT2D eigenvalue weighted by atomic mass is 32.2. The summed E-state index contributed by atoms with van der Waals surface area (Å²) in [5.41, 5.74) is 0.0609. The quantitative estimate of drug-likeness (QED) is 0.380. The predicted molar refractivity (Wildman–Crippen MR) is 102 cm³/mol. The van der Waals surface area contributed by atoms with E-state index in [2.05, 4.69) is 14.8 Å². The first-order valence-electron chi connectivity index (χ1n) is 8.18. The van der Waals surface area contributed by atoms with E-state index in [9.17, 15) is 43.9 Å². The van der Waals surface area contributed by atoms with Gasteiger partial charge >= 0.3 is 23.4 Å². The molecule has 2 aromatic carbocycles. The van der Waals surface area contributed by atoms with E-state index in [1.807, 2.05) is 0 Å². The SMILES string of the molecule is COC(=O)Nc1ccc(S(=O)(=O)Nc2ccc(SC(F)(F)C(F)(F)C(F)(F)F)cc2)cc1. The zero-order chi connectivity index (χ0) is 24.4. The van der Waals surface area contributed by atoms with Crippen molar-refractivity contribution in [3.63, 3.8) is 0 Å². The molecule has 0 atom stereocenters. The van der Waals surface area contributed by atoms with E-state index < -0.39 is 50.1 Å². The highest BCUT2D eigenvalue weighted by Gasteiger charge is 2.73. The summed E-state index contributed by atoms with van der Waals surface area (Å²) in [7, 11) is -3.04. The van der Waals surface area contributed by atoms with Gasteiger partial charge < -0.3 is 4.74 Å². The summed E-state index contributed by atoms with van der Waals surface area (Å²) >= 11 is -1.01. The molecule has 0 unspecified atom stereocenters. The van der Waals surface area contributed by atoms with Crippen LogP contribution in [0.2, 0.25) is 0 Å². The van der Waals surface area contributed by atoms with E-state index in [0.29, 0.717) is 0 Å². The van der Waals surface area contributed by atoms with E-state index in [1.54, 1.807) is 0 Å². The minimum absolute atomic E-state index is 0.169. The molecule has 0 aliphatic heterocycles. The van der Waals surface area contributed by atoms with Gasteiger partial charge in [-0.2, -0.15) is 30.7 Å². The molecule has 15 heteroatoms. The first-order valence-corrected chi connectivity index (χ1v) is 10.5. The Bertz CT molecular complexity index is 1060. The lowest BCUT2D eigenvalue weighted by Gasteiger charge is -2.27. The predicted octanol–water partition coefficient (Wildman–Crippen LogP) is 5.55. The van der Waals surface area contributed by atoms with Crippen molar-refractivity contribution in [3.8, 4) is 0 Å². The molecule has 1 amide bonds. The fraction of sp³-hybridized carbons (Fsp3) is 0.235. The zero-order valence-electron chi connectivity index (χ0n) is 15.7. The van der Waals surface area contributed by atoms with Crippen molar-refractivity contribution in [2.75, 3.05) is 17.1 Å². The number of methoxy groups -OCH3 is 1. The molecule has 0 aliphatic carbocycles. The van der Waals surface area contributed by atoms with E-state index in [4.69, 9.17) is 0 Å². The fourth-order valence-corrected chi connectivity index (χ4v) is 3.94. The van der Waals surface area contributed by atoms with Crippen LogP contribution >= 0.6 is 11.8 Å². The zero-order valence-corrected chi connectivity index (χ0v) is 17.3. The van der Waals surface area contributed by atoms with Gasteiger partial charge in [0.2, 0.25) is 0 Å². The van der Waals surface area contributed by atoms with Crippen LogP contribution in [0.1, 0.15) is 0 Å². The highest BCUT2D eigenvalue weighted by Crippen LogP contribution is 2.53. The molecule has 0 saturated heterocycles. The summed E-state index contributed by atoms with van der Waals surface area (Å²) in [6, 6.07) is 8.12. The van der Waals surface area contributed by atoms with Gasteiger partial charge in [0.05, 0.1) is 12.0 Å². The number of alkyl halides is 7. The highest BCUT2D eigenvalue weighted by molar-refractivity contribution is 8.00. The Balaban J connectivity index is 2.12. The van der Waals surface area contributed by atoms with Crippen LogP contribution in [0.25, 0.3) is 0 Å². The largest absolute Gasteiger partial charge is 0.460 e. The molecule has 0 aliphatic rings. The molecule has 0 radical (unpaired) electrons. The molecule has 176 valence electrons. The van der Waals surface area contributed by atoms with Crippen LogP contribution < -0.4 is 10.0 Å². The Kier molecular flexibility index (Phi) is 7.24. The summed E-state index contributed by atoms with van der Waals surface area (Å²) in [5.74, 6) is -6.28. The third kappa shape index (κ3) is 5.76. The molecule has 0 aromatic heterocycles. The lowest BCUT2D eigenvalue weighted by Crippen LogP contribution is -2.49. The van der Waals surface area contributed by atoms with Gasteiger partial charge in [0, 0.05) is 16.3 Å². The van der Waals surface area contributed by atoms with Crippen molar-refractivity contribution in [2.24, 2.45) is 0 Å². The number of ether oxygens (including phenoxy) is 1. The molecule has 0 spiro atoms.